The number of pyridine rings is 1. The van der Waals surface area contributed by atoms with E-state index in [1.807, 2.05) is 24.0 Å². The summed E-state index contributed by atoms with van der Waals surface area (Å²) in [6.45, 7) is 3.28. The maximum Gasteiger partial charge on any atom is 0.416 e. The molecular weight excluding hydrogens is 553 g/mol. The minimum atomic E-state index is -4.55. The first-order valence-electron chi connectivity index (χ1n) is 13.3. The molecule has 222 valence electrons. The Morgan fingerprint density at radius 2 is 1.88 bits per heavy atom. The van der Waals surface area contributed by atoms with E-state index in [4.69, 9.17) is 4.74 Å². The Labute approximate surface area is 239 Å². The number of halogens is 3. The van der Waals surface area contributed by atoms with Crippen LogP contribution in [0, 0.1) is 13.8 Å². The quantitative estimate of drug-likeness (QED) is 0.391. The van der Waals surface area contributed by atoms with Crippen LogP contribution < -0.4 is 5.32 Å². The van der Waals surface area contributed by atoms with Crippen LogP contribution in [0.1, 0.15) is 27.2 Å². The zero-order valence-corrected chi connectivity index (χ0v) is 23.6. The van der Waals surface area contributed by atoms with Gasteiger partial charge in [0.2, 0.25) is 5.91 Å². The van der Waals surface area contributed by atoms with E-state index in [1.165, 1.54) is 16.2 Å². The van der Waals surface area contributed by atoms with Crippen molar-refractivity contribution in [2.24, 2.45) is 14.1 Å². The molecule has 2 aliphatic rings. The molecule has 1 atom stereocenters. The van der Waals surface area contributed by atoms with E-state index in [0.29, 0.717) is 16.9 Å². The number of aryl methyl sites for hydroxylation is 3. The fourth-order valence-corrected chi connectivity index (χ4v) is 4.86. The van der Waals surface area contributed by atoms with Gasteiger partial charge in [-0.1, -0.05) is 12.1 Å². The minimum Gasteiger partial charge on any atom is -0.365 e. The Kier molecular flexibility index (Phi) is 7.91. The highest BCUT2D eigenvalue weighted by molar-refractivity contribution is 6.05. The molecule has 0 radical (unpaired) electrons. The Balaban J connectivity index is 0.000000382. The van der Waals surface area contributed by atoms with Crippen LogP contribution in [0.4, 0.5) is 24.5 Å². The van der Waals surface area contributed by atoms with E-state index in [1.54, 1.807) is 42.3 Å². The van der Waals surface area contributed by atoms with Gasteiger partial charge in [0.15, 0.2) is 11.8 Å². The number of hydrogen-bond donors (Lipinski definition) is 1. The second kappa shape index (κ2) is 11.4. The normalized spacial score (nSPS) is 16.8. The van der Waals surface area contributed by atoms with Crippen molar-refractivity contribution in [2.45, 2.75) is 32.7 Å². The summed E-state index contributed by atoms with van der Waals surface area (Å²) in [6.07, 6.45) is -1.36. The third-order valence-electron chi connectivity index (χ3n) is 7.45. The van der Waals surface area contributed by atoms with Gasteiger partial charge in [0.25, 0.3) is 5.91 Å². The van der Waals surface area contributed by atoms with Gasteiger partial charge in [0, 0.05) is 38.3 Å². The van der Waals surface area contributed by atoms with Crippen LogP contribution in [0.2, 0.25) is 0 Å². The number of carbonyl (C=O) groups excluding carboxylic acids is 2. The molecule has 0 unspecified atom stereocenters. The number of ether oxygens (including phenoxy) is 1. The highest BCUT2D eigenvalue weighted by atomic mass is 19.4. The van der Waals surface area contributed by atoms with E-state index in [9.17, 15) is 22.8 Å². The summed E-state index contributed by atoms with van der Waals surface area (Å²) in [6, 6.07) is 7.21. The molecule has 42 heavy (non-hydrogen) atoms. The molecule has 2 amide bonds. The molecule has 0 aliphatic carbocycles. The molecule has 3 aromatic heterocycles. The molecular formula is C28H31F3N8O3. The molecule has 5 heterocycles. The average molecular weight is 585 g/mol. The number of fused-ring (bicyclic) bond motifs is 2. The molecule has 0 bridgehead atoms. The van der Waals surface area contributed by atoms with Crippen molar-refractivity contribution in [3.05, 3.63) is 65.2 Å². The van der Waals surface area contributed by atoms with E-state index >= 15 is 0 Å². The van der Waals surface area contributed by atoms with Gasteiger partial charge in [0.05, 0.1) is 48.7 Å². The SMILES string of the molecule is Cc1cnn(C)c1C.Cn1ncc2cc(Nc3cccc4c3C(=O)N(CC(=O)N3CCO[C@H](C(F)(F)F)C3)C4)cnc21. The smallest absolute Gasteiger partial charge is 0.365 e. The predicted octanol–water partition coefficient (Wildman–Crippen LogP) is 3.49. The highest BCUT2D eigenvalue weighted by Gasteiger charge is 2.44. The lowest BCUT2D eigenvalue weighted by Gasteiger charge is -2.34. The van der Waals surface area contributed by atoms with Gasteiger partial charge in [-0.05, 0) is 37.1 Å². The molecule has 1 aromatic carbocycles. The lowest BCUT2D eigenvalue weighted by molar-refractivity contribution is -0.236. The molecule has 2 aliphatic heterocycles. The standard InChI is InChI=1S/C22H21F3N6O3.C6H10N2/c1-29-20-14(8-27-29)7-15(9-26-20)28-16-4-2-3-13-10-31(21(33)19(13)16)12-18(32)30-5-6-34-17(11-30)22(23,24)25;1-5-4-7-8(3)6(5)2/h2-4,7-9,17,28H,5-6,10-12H2,1H3;4H,1-3H3/t17-;/m0./s1. The van der Waals surface area contributed by atoms with Crippen molar-refractivity contribution in [3.8, 4) is 0 Å². The highest BCUT2D eigenvalue weighted by Crippen LogP contribution is 2.32. The van der Waals surface area contributed by atoms with Gasteiger partial charge >= 0.3 is 6.18 Å². The van der Waals surface area contributed by atoms with Crippen molar-refractivity contribution >= 4 is 34.2 Å². The fraction of sp³-hybridized carbons (Fsp3) is 0.393. The van der Waals surface area contributed by atoms with Crippen LogP contribution in [0.5, 0.6) is 0 Å². The molecule has 0 saturated carbocycles. The molecule has 11 nitrogen and oxygen atoms in total. The second-order valence-electron chi connectivity index (χ2n) is 10.3. The van der Waals surface area contributed by atoms with Crippen molar-refractivity contribution < 1.29 is 27.5 Å². The number of carbonyl (C=O) groups is 2. The first-order valence-corrected chi connectivity index (χ1v) is 13.3. The Morgan fingerprint density at radius 1 is 1.12 bits per heavy atom. The Morgan fingerprint density at radius 3 is 2.55 bits per heavy atom. The van der Waals surface area contributed by atoms with E-state index in [0.717, 1.165) is 21.5 Å². The van der Waals surface area contributed by atoms with Crippen molar-refractivity contribution in [3.63, 3.8) is 0 Å². The van der Waals surface area contributed by atoms with E-state index in [-0.39, 0.29) is 32.1 Å². The van der Waals surface area contributed by atoms with Gasteiger partial charge in [-0.3, -0.25) is 19.0 Å². The summed E-state index contributed by atoms with van der Waals surface area (Å²) in [4.78, 5) is 32.7. The minimum absolute atomic E-state index is 0.0526. The van der Waals surface area contributed by atoms with Crippen LogP contribution in [0.3, 0.4) is 0 Å². The first kappa shape index (κ1) is 29.0. The number of alkyl halides is 3. The average Bonchev–Trinajstić information content (AvgIpc) is 3.59. The van der Waals surface area contributed by atoms with Gasteiger partial charge < -0.3 is 19.9 Å². The summed E-state index contributed by atoms with van der Waals surface area (Å²) in [5, 5.41) is 12.2. The molecule has 4 aromatic rings. The van der Waals surface area contributed by atoms with Crippen LogP contribution >= 0.6 is 0 Å². The van der Waals surface area contributed by atoms with Crippen LogP contribution in [0.25, 0.3) is 11.0 Å². The van der Waals surface area contributed by atoms with Crippen molar-refractivity contribution in [1.29, 1.82) is 0 Å². The Bertz CT molecular complexity index is 1610. The monoisotopic (exact) mass is 584 g/mol. The van der Waals surface area contributed by atoms with Gasteiger partial charge in [-0.2, -0.15) is 23.4 Å². The molecule has 1 N–H and O–H groups in total. The number of rotatable bonds is 4. The molecule has 1 saturated heterocycles. The largest absolute Gasteiger partial charge is 0.416 e. The lowest BCUT2D eigenvalue weighted by atomic mass is 10.1. The summed E-state index contributed by atoms with van der Waals surface area (Å²) >= 11 is 0. The third-order valence-corrected chi connectivity index (χ3v) is 7.45. The van der Waals surface area contributed by atoms with Crippen molar-refractivity contribution in [2.75, 3.05) is 31.6 Å². The molecule has 0 spiro atoms. The maximum absolute atomic E-state index is 13.1. The lowest BCUT2D eigenvalue weighted by Crippen LogP contribution is -2.53. The Hall–Kier alpha value is -4.46. The zero-order valence-electron chi connectivity index (χ0n) is 23.6. The summed E-state index contributed by atoms with van der Waals surface area (Å²) in [5.41, 5.74) is 5.61. The third kappa shape index (κ3) is 5.93. The molecule has 1 fully saturated rings. The van der Waals surface area contributed by atoms with Gasteiger partial charge in [-0.15, -0.1) is 0 Å². The number of hydrogen-bond acceptors (Lipinski definition) is 7. The number of nitrogens with zero attached hydrogens (tertiary/aromatic N) is 7. The second-order valence-corrected chi connectivity index (χ2v) is 10.3. The van der Waals surface area contributed by atoms with Gasteiger partial charge in [-0.25, -0.2) is 4.98 Å². The predicted molar refractivity (Wildman–Crippen MR) is 148 cm³/mol. The van der Waals surface area contributed by atoms with Crippen LogP contribution in [0.15, 0.2) is 42.9 Å². The summed E-state index contributed by atoms with van der Waals surface area (Å²) in [5.74, 6) is -0.901. The van der Waals surface area contributed by atoms with Crippen LogP contribution in [-0.4, -0.2) is 84.7 Å². The number of morpholine rings is 1. The van der Waals surface area contributed by atoms with Gasteiger partial charge in [0.1, 0.15) is 6.54 Å². The summed E-state index contributed by atoms with van der Waals surface area (Å²) in [7, 11) is 3.74. The van der Waals surface area contributed by atoms with Crippen molar-refractivity contribution in [1.82, 2.24) is 34.3 Å². The fourth-order valence-electron chi connectivity index (χ4n) is 4.86. The van der Waals surface area contributed by atoms with E-state index < -0.39 is 24.7 Å². The number of nitrogens with one attached hydrogen (secondary N) is 1. The zero-order chi connectivity index (χ0) is 30.2. The topological polar surface area (TPSA) is 110 Å². The van der Waals surface area contributed by atoms with Crippen LogP contribution in [-0.2, 0) is 30.2 Å². The number of benzene rings is 1. The van der Waals surface area contributed by atoms with E-state index in [2.05, 4.69) is 34.3 Å². The molecule has 6 rings (SSSR count). The number of aromatic nitrogens is 5. The molecule has 14 heteroatoms. The maximum atomic E-state index is 13.1. The summed E-state index contributed by atoms with van der Waals surface area (Å²) < 4.78 is 47.2. The number of amides is 2. The number of anilines is 2. The first-order chi connectivity index (χ1) is 19.9.